The molecule has 14 heavy (non-hydrogen) atoms. The fourth-order valence-corrected chi connectivity index (χ4v) is 2.05. The molecule has 0 saturated carbocycles. The third-order valence-corrected chi connectivity index (χ3v) is 2.77. The zero-order valence-electron chi connectivity index (χ0n) is 7.69. The van der Waals surface area contributed by atoms with Crippen LogP contribution in [-0.2, 0) is 0 Å². The van der Waals surface area contributed by atoms with E-state index in [0.717, 1.165) is 21.5 Å². The maximum absolute atomic E-state index is 5.32. The van der Waals surface area contributed by atoms with Crippen molar-refractivity contribution in [1.29, 1.82) is 0 Å². The monoisotopic (exact) mass is 206 g/mol. The number of nitrogens with two attached hydrogens (primary N) is 2. The zero-order valence-corrected chi connectivity index (χ0v) is 8.51. The van der Waals surface area contributed by atoms with Crippen LogP contribution in [-0.4, -0.2) is 10.9 Å². The summed E-state index contributed by atoms with van der Waals surface area (Å²) in [6.45, 7) is 1.96. The predicted octanol–water partition coefficient (Wildman–Crippen LogP) is 1.51. The number of aliphatic imine (C=N–C) groups is 1. The molecule has 0 aliphatic rings. The molecule has 0 bridgehead atoms. The third kappa shape index (κ3) is 1.42. The summed E-state index contributed by atoms with van der Waals surface area (Å²) in [6, 6.07) is 3.87. The van der Waals surface area contributed by atoms with Gasteiger partial charge in [-0.25, -0.2) is 9.98 Å². The number of aromatic nitrogens is 1. The minimum atomic E-state index is 0.0719. The average Bonchev–Trinajstić information content (AvgIpc) is 2.57. The first-order valence-corrected chi connectivity index (χ1v) is 4.99. The number of rotatable bonds is 1. The Morgan fingerprint density at radius 1 is 1.43 bits per heavy atom. The smallest absolute Gasteiger partial charge is 0.191 e. The van der Waals surface area contributed by atoms with Gasteiger partial charge in [-0.05, 0) is 19.1 Å². The summed E-state index contributed by atoms with van der Waals surface area (Å²) < 4.78 is 1.15. The van der Waals surface area contributed by atoms with Crippen molar-refractivity contribution in [2.45, 2.75) is 6.92 Å². The lowest BCUT2D eigenvalue weighted by Crippen LogP contribution is -2.22. The van der Waals surface area contributed by atoms with Gasteiger partial charge in [0.05, 0.1) is 21.4 Å². The van der Waals surface area contributed by atoms with Crippen LogP contribution < -0.4 is 11.5 Å². The number of hydrogen-bond acceptors (Lipinski definition) is 3. The lowest BCUT2D eigenvalue weighted by molar-refractivity contribution is 1.36. The summed E-state index contributed by atoms with van der Waals surface area (Å²) in [5.41, 5.74) is 15.2. The Morgan fingerprint density at radius 2 is 2.21 bits per heavy atom. The summed E-state index contributed by atoms with van der Waals surface area (Å²) in [5, 5.41) is 0. The van der Waals surface area contributed by atoms with E-state index < -0.39 is 0 Å². The number of guanidine groups is 1. The van der Waals surface area contributed by atoms with Gasteiger partial charge in [0.2, 0.25) is 0 Å². The summed E-state index contributed by atoms with van der Waals surface area (Å²) in [6.07, 6.45) is 0. The van der Waals surface area contributed by atoms with Crippen molar-refractivity contribution in [1.82, 2.24) is 4.98 Å². The quantitative estimate of drug-likeness (QED) is 0.548. The van der Waals surface area contributed by atoms with Crippen LogP contribution in [0.2, 0.25) is 0 Å². The number of hydrogen-bond donors (Lipinski definition) is 2. The molecule has 72 valence electrons. The number of fused-ring (bicyclic) bond motifs is 1. The molecule has 0 atom stereocenters. The van der Waals surface area contributed by atoms with Gasteiger partial charge in [0.1, 0.15) is 0 Å². The second-order valence-corrected chi connectivity index (χ2v) is 3.83. The molecule has 0 aliphatic carbocycles. The highest BCUT2D eigenvalue weighted by Crippen LogP contribution is 2.28. The molecule has 0 saturated heterocycles. The van der Waals surface area contributed by atoms with Crippen LogP contribution >= 0.6 is 11.3 Å². The minimum absolute atomic E-state index is 0.0719. The van der Waals surface area contributed by atoms with Crippen molar-refractivity contribution in [2.24, 2.45) is 16.5 Å². The van der Waals surface area contributed by atoms with E-state index in [1.807, 2.05) is 24.6 Å². The van der Waals surface area contributed by atoms with Crippen LogP contribution in [0.4, 0.5) is 5.69 Å². The fraction of sp³-hybridized carbons (Fsp3) is 0.111. The van der Waals surface area contributed by atoms with Crippen LogP contribution in [0, 0.1) is 6.92 Å². The van der Waals surface area contributed by atoms with Gasteiger partial charge in [0.15, 0.2) is 5.96 Å². The van der Waals surface area contributed by atoms with E-state index in [1.54, 1.807) is 11.3 Å². The molecule has 0 aliphatic heterocycles. The van der Waals surface area contributed by atoms with E-state index in [-0.39, 0.29) is 5.96 Å². The van der Waals surface area contributed by atoms with Crippen molar-refractivity contribution in [3.63, 3.8) is 0 Å². The van der Waals surface area contributed by atoms with E-state index in [9.17, 15) is 0 Å². The van der Waals surface area contributed by atoms with Crippen molar-refractivity contribution >= 4 is 33.2 Å². The van der Waals surface area contributed by atoms with Gasteiger partial charge >= 0.3 is 0 Å². The van der Waals surface area contributed by atoms with Crippen LogP contribution in [0.5, 0.6) is 0 Å². The SMILES string of the molecule is Cc1c(N=C(N)N)ccc2scnc12. The van der Waals surface area contributed by atoms with Crippen LogP contribution in [0.15, 0.2) is 22.6 Å². The Balaban J connectivity index is 2.68. The van der Waals surface area contributed by atoms with Gasteiger partial charge in [-0.15, -0.1) is 11.3 Å². The summed E-state index contributed by atoms with van der Waals surface area (Å²) in [5.74, 6) is 0.0719. The van der Waals surface area contributed by atoms with Gasteiger partial charge in [-0.3, -0.25) is 0 Å². The van der Waals surface area contributed by atoms with Crippen molar-refractivity contribution < 1.29 is 0 Å². The van der Waals surface area contributed by atoms with E-state index in [4.69, 9.17) is 11.5 Å². The molecule has 2 rings (SSSR count). The molecular weight excluding hydrogens is 196 g/mol. The molecule has 1 aromatic heterocycles. The molecule has 5 heteroatoms. The summed E-state index contributed by atoms with van der Waals surface area (Å²) in [4.78, 5) is 8.28. The normalized spacial score (nSPS) is 10.4. The molecule has 0 spiro atoms. The molecule has 0 unspecified atom stereocenters. The van der Waals surface area contributed by atoms with Crippen LogP contribution in [0.25, 0.3) is 10.2 Å². The molecule has 0 fully saturated rings. The maximum atomic E-state index is 5.32. The first-order valence-electron chi connectivity index (χ1n) is 4.11. The number of benzene rings is 1. The second kappa shape index (κ2) is 3.26. The van der Waals surface area contributed by atoms with E-state index in [1.165, 1.54) is 0 Å². The lowest BCUT2D eigenvalue weighted by Gasteiger charge is -2.00. The molecule has 4 nitrogen and oxygen atoms in total. The Bertz CT molecular complexity index is 496. The molecule has 4 N–H and O–H groups in total. The average molecular weight is 206 g/mol. The maximum Gasteiger partial charge on any atom is 0.191 e. The largest absolute Gasteiger partial charge is 0.370 e. The van der Waals surface area contributed by atoms with E-state index in [2.05, 4.69) is 9.98 Å². The Kier molecular flexibility index (Phi) is 2.09. The highest BCUT2D eigenvalue weighted by Gasteiger charge is 2.04. The third-order valence-electron chi connectivity index (χ3n) is 1.98. The predicted molar refractivity (Wildman–Crippen MR) is 59.8 cm³/mol. The van der Waals surface area contributed by atoms with Gasteiger partial charge in [-0.2, -0.15) is 0 Å². The van der Waals surface area contributed by atoms with Gasteiger partial charge < -0.3 is 11.5 Å². The highest BCUT2D eigenvalue weighted by molar-refractivity contribution is 7.16. The fourth-order valence-electron chi connectivity index (χ4n) is 1.32. The Hall–Kier alpha value is -1.62. The standard InChI is InChI=1S/C9H10N4S/c1-5-6(13-9(10)11)2-3-7-8(5)12-4-14-7/h2-4H,1H3,(H4,10,11,13). The molecular formula is C9H10N4S. The van der Waals surface area contributed by atoms with Gasteiger partial charge in [-0.1, -0.05) is 0 Å². The molecule has 0 amide bonds. The Labute approximate surface area is 85.3 Å². The van der Waals surface area contributed by atoms with Gasteiger partial charge in [0.25, 0.3) is 0 Å². The molecule has 2 aromatic rings. The van der Waals surface area contributed by atoms with E-state index >= 15 is 0 Å². The number of aryl methyl sites for hydroxylation is 1. The summed E-state index contributed by atoms with van der Waals surface area (Å²) in [7, 11) is 0. The number of nitrogens with zero attached hydrogens (tertiary/aromatic N) is 2. The van der Waals surface area contributed by atoms with Crippen molar-refractivity contribution in [3.8, 4) is 0 Å². The lowest BCUT2D eigenvalue weighted by atomic mass is 10.2. The molecule has 0 radical (unpaired) electrons. The first-order chi connectivity index (χ1) is 6.68. The highest BCUT2D eigenvalue weighted by atomic mass is 32.1. The van der Waals surface area contributed by atoms with Crippen LogP contribution in [0.1, 0.15) is 5.56 Å². The van der Waals surface area contributed by atoms with Crippen molar-refractivity contribution in [3.05, 3.63) is 23.2 Å². The Morgan fingerprint density at radius 3 is 2.93 bits per heavy atom. The number of thiazole rings is 1. The molecule has 1 heterocycles. The van der Waals surface area contributed by atoms with E-state index in [0.29, 0.717) is 0 Å². The molecule has 1 aromatic carbocycles. The van der Waals surface area contributed by atoms with Crippen LogP contribution in [0.3, 0.4) is 0 Å². The second-order valence-electron chi connectivity index (χ2n) is 2.95. The summed E-state index contributed by atoms with van der Waals surface area (Å²) >= 11 is 1.61. The first kappa shape index (κ1) is 8.96. The topological polar surface area (TPSA) is 77.3 Å². The van der Waals surface area contributed by atoms with Crippen molar-refractivity contribution in [2.75, 3.05) is 0 Å². The zero-order chi connectivity index (χ0) is 10.1. The van der Waals surface area contributed by atoms with Gasteiger partial charge in [0, 0.05) is 5.56 Å². The minimum Gasteiger partial charge on any atom is -0.370 e.